The van der Waals surface area contributed by atoms with Crippen molar-refractivity contribution in [1.29, 1.82) is 0 Å². The van der Waals surface area contributed by atoms with Crippen LogP contribution >= 0.6 is 0 Å². The molecule has 1 aromatic rings. The Morgan fingerprint density at radius 2 is 2.22 bits per heavy atom. The van der Waals surface area contributed by atoms with Gasteiger partial charge in [0.05, 0.1) is 12.1 Å². The molecule has 0 aliphatic carbocycles. The van der Waals surface area contributed by atoms with E-state index in [1.165, 1.54) is 12.5 Å². The second-order valence-electron chi connectivity index (χ2n) is 5.05. The molecule has 1 aliphatic heterocycles. The van der Waals surface area contributed by atoms with Crippen LogP contribution < -0.4 is 0 Å². The Bertz CT molecular complexity index is 419. The van der Waals surface area contributed by atoms with E-state index >= 15 is 0 Å². The molecule has 0 bridgehead atoms. The van der Waals surface area contributed by atoms with Gasteiger partial charge in [-0.15, -0.1) is 0 Å². The quantitative estimate of drug-likeness (QED) is 0.764. The van der Waals surface area contributed by atoms with Crippen LogP contribution in [0.15, 0.2) is 24.3 Å². The Labute approximate surface area is 108 Å². The molecule has 1 aromatic carbocycles. The van der Waals surface area contributed by atoms with Crippen LogP contribution in [0.1, 0.15) is 36.5 Å². The van der Waals surface area contributed by atoms with Crippen LogP contribution in [0, 0.1) is 11.7 Å². The molecule has 1 aliphatic rings. The molecule has 1 atom stereocenters. The highest BCUT2D eigenvalue weighted by molar-refractivity contribution is 5.97. The van der Waals surface area contributed by atoms with Gasteiger partial charge in [-0.05, 0) is 37.4 Å². The fraction of sp³-hybridized carbons (Fsp3) is 0.533. The third-order valence-corrected chi connectivity index (χ3v) is 3.72. The Balaban J connectivity index is 1.97. The Morgan fingerprint density at radius 3 is 2.94 bits per heavy atom. The van der Waals surface area contributed by atoms with Gasteiger partial charge < -0.3 is 0 Å². The van der Waals surface area contributed by atoms with Gasteiger partial charge in [-0.25, -0.2) is 4.39 Å². The summed E-state index contributed by atoms with van der Waals surface area (Å²) in [6, 6.07) is 6.23. The highest BCUT2D eigenvalue weighted by Crippen LogP contribution is 2.19. The third kappa shape index (κ3) is 3.16. The predicted octanol–water partition coefficient (Wildman–Crippen LogP) is 3.13. The zero-order chi connectivity index (χ0) is 13.0. The van der Waals surface area contributed by atoms with E-state index in [1.54, 1.807) is 18.2 Å². The zero-order valence-corrected chi connectivity index (χ0v) is 10.9. The smallest absolute Gasteiger partial charge is 0.179 e. The molecular weight excluding hydrogens is 229 g/mol. The minimum Gasteiger partial charge on any atom is -0.296 e. The fourth-order valence-electron chi connectivity index (χ4n) is 2.60. The van der Waals surface area contributed by atoms with Gasteiger partial charge in [-0.1, -0.05) is 25.5 Å². The minimum atomic E-state index is -0.411. The van der Waals surface area contributed by atoms with Crippen molar-refractivity contribution in [3.8, 4) is 0 Å². The first kappa shape index (κ1) is 13.2. The number of hydrogen-bond donors (Lipinski definition) is 0. The van der Waals surface area contributed by atoms with Gasteiger partial charge in [-0.3, -0.25) is 9.69 Å². The van der Waals surface area contributed by atoms with Crippen LogP contribution in [0.2, 0.25) is 0 Å². The van der Waals surface area contributed by atoms with Crippen LogP contribution in [0.4, 0.5) is 4.39 Å². The number of ketones is 1. The molecule has 1 fully saturated rings. The summed E-state index contributed by atoms with van der Waals surface area (Å²) in [6.07, 6.45) is 3.55. The molecule has 0 spiro atoms. The first-order valence-electron chi connectivity index (χ1n) is 6.70. The summed E-state index contributed by atoms with van der Waals surface area (Å²) in [6.45, 7) is 4.46. The predicted molar refractivity (Wildman–Crippen MR) is 70.2 cm³/mol. The Hall–Kier alpha value is -1.22. The van der Waals surface area contributed by atoms with E-state index in [4.69, 9.17) is 0 Å². The van der Waals surface area contributed by atoms with E-state index in [9.17, 15) is 9.18 Å². The number of rotatable bonds is 4. The average Bonchev–Trinajstić information content (AvgIpc) is 2.39. The number of carbonyl (C=O) groups excluding carboxylic acids is 1. The van der Waals surface area contributed by atoms with Crippen molar-refractivity contribution in [3.63, 3.8) is 0 Å². The maximum Gasteiger partial charge on any atom is 0.179 e. The maximum absolute atomic E-state index is 13.5. The summed E-state index contributed by atoms with van der Waals surface area (Å²) in [5.41, 5.74) is 0.219. The van der Waals surface area contributed by atoms with Crippen molar-refractivity contribution in [1.82, 2.24) is 4.90 Å². The van der Waals surface area contributed by atoms with E-state index in [-0.39, 0.29) is 11.3 Å². The Morgan fingerprint density at radius 1 is 1.44 bits per heavy atom. The van der Waals surface area contributed by atoms with Crippen molar-refractivity contribution in [2.24, 2.45) is 5.92 Å². The normalized spacial score (nSPS) is 20.9. The van der Waals surface area contributed by atoms with Crippen molar-refractivity contribution in [2.75, 3.05) is 19.6 Å². The highest BCUT2D eigenvalue weighted by Gasteiger charge is 2.21. The second-order valence-corrected chi connectivity index (χ2v) is 5.05. The van der Waals surface area contributed by atoms with E-state index < -0.39 is 5.82 Å². The molecule has 0 amide bonds. The summed E-state index contributed by atoms with van der Waals surface area (Å²) in [7, 11) is 0. The van der Waals surface area contributed by atoms with Crippen LogP contribution in [0.25, 0.3) is 0 Å². The molecule has 2 nitrogen and oxygen atoms in total. The lowest BCUT2D eigenvalue weighted by atomic mass is 9.95. The number of Topliss-reactive ketones (excluding diaryl/α,β-unsaturated/α-hetero) is 1. The van der Waals surface area contributed by atoms with E-state index in [0.29, 0.717) is 12.5 Å². The molecule has 98 valence electrons. The van der Waals surface area contributed by atoms with Gasteiger partial charge in [0.2, 0.25) is 0 Å². The largest absolute Gasteiger partial charge is 0.296 e. The fourth-order valence-corrected chi connectivity index (χ4v) is 2.60. The molecule has 1 unspecified atom stereocenters. The first-order valence-corrected chi connectivity index (χ1v) is 6.70. The number of halogens is 1. The molecule has 1 saturated heterocycles. The number of nitrogens with zero attached hydrogens (tertiary/aromatic N) is 1. The molecule has 0 aromatic heterocycles. The lowest BCUT2D eigenvalue weighted by molar-refractivity contribution is 0.0880. The van der Waals surface area contributed by atoms with Gasteiger partial charge in [0, 0.05) is 6.54 Å². The van der Waals surface area contributed by atoms with Crippen molar-refractivity contribution in [3.05, 3.63) is 35.6 Å². The van der Waals surface area contributed by atoms with Crippen LogP contribution in [-0.2, 0) is 0 Å². The highest BCUT2D eigenvalue weighted by atomic mass is 19.1. The standard InChI is InChI=1S/C15H20FNO/c1-2-12-6-5-9-17(10-12)11-15(18)13-7-3-4-8-14(13)16/h3-4,7-8,12H,2,5-6,9-11H2,1H3. The number of hydrogen-bond acceptors (Lipinski definition) is 2. The van der Waals surface area contributed by atoms with Gasteiger partial charge in [0.25, 0.3) is 0 Å². The summed E-state index contributed by atoms with van der Waals surface area (Å²) in [5, 5.41) is 0. The van der Waals surface area contributed by atoms with Gasteiger partial charge >= 0.3 is 0 Å². The minimum absolute atomic E-state index is 0.107. The van der Waals surface area contributed by atoms with Gasteiger partial charge in [0.1, 0.15) is 5.82 Å². The third-order valence-electron chi connectivity index (χ3n) is 3.72. The summed E-state index contributed by atoms with van der Waals surface area (Å²) >= 11 is 0. The summed E-state index contributed by atoms with van der Waals surface area (Å²) in [4.78, 5) is 14.2. The van der Waals surface area contributed by atoms with Gasteiger partial charge in [0.15, 0.2) is 5.78 Å². The van der Waals surface area contributed by atoms with Crippen LogP contribution in [-0.4, -0.2) is 30.3 Å². The lowest BCUT2D eigenvalue weighted by Crippen LogP contribution is -2.38. The average molecular weight is 249 g/mol. The molecular formula is C15H20FNO. The molecule has 2 rings (SSSR count). The molecule has 3 heteroatoms. The number of piperidine rings is 1. The molecule has 0 N–H and O–H groups in total. The van der Waals surface area contributed by atoms with Crippen LogP contribution in [0.5, 0.6) is 0 Å². The van der Waals surface area contributed by atoms with E-state index in [1.807, 2.05) is 0 Å². The first-order chi connectivity index (χ1) is 8.70. The topological polar surface area (TPSA) is 20.3 Å². The van der Waals surface area contributed by atoms with Crippen molar-refractivity contribution < 1.29 is 9.18 Å². The number of likely N-dealkylation sites (tertiary alicyclic amines) is 1. The molecule has 18 heavy (non-hydrogen) atoms. The van der Waals surface area contributed by atoms with Crippen LogP contribution in [0.3, 0.4) is 0 Å². The molecule has 0 radical (unpaired) electrons. The van der Waals surface area contributed by atoms with Crippen molar-refractivity contribution in [2.45, 2.75) is 26.2 Å². The number of benzene rings is 1. The molecule has 0 saturated carbocycles. The van der Waals surface area contributed by atoms with E-state index in [2.05, 4.69) is 11.8 Å². The molecule has 1 heterocycles. The second kappa shape index (κ2) is 6.10. The lowest BCUT2D eigenvalue weighted by Gasteiger charge is -2.31. The SMILES string of the molecule is CCC1CCCN(CC(=O)c2ccccc2F)C1. The van der Waals surface area contributed by atoms with E-state index in [0.717, 1.165) is 25.9 Å². The Kier molecular flexibility index (Phi) is 4.48. The summed E-state index contributed by atoms with van der Waals surface area (Å²) < 4.78 is 13.5. The van der Waals surface area contributed by atoms with Gasteiger partial charge in [-0.2, -0.15) is 0 Å². The van der Waals surface area contributed by atoms with Crippen molar-refractivity contribution >= 4 is 5.78 Å². The summed E-state index contributed by atoms with van der Waals surface area (Å²) in [5.74, 6) is 0.170. The zero-order valence-electron chi connectivity index (χ0n) is 10.9. The number of carbonyl (C=O) groups is 1. The monoisotopic (exact) mass is 249 g/mol. The maximum atomic E-state index is 13.5.